The van der Waals surface area contributed by atoms with Gasteiger partial charge in [0, 0.05) is 30.9 Å². The molecule has 1 aliphatic rings. The first kappa shape index (κ1) is 13.4. The summed E-state index contributed by atoms with van der Waals surface area (Å²) in [5.74, 6) is -0.484. The minimum atomic E-state index is -0.487. The third kappa shape index (κ3) is 2.40. The fourth-order valence-electron chi connectivity index (χ4n) is 2.72. The van der Waals surface area contributed by atoms with Crippen molar-refractivity contribution < 1.29 is 9.31 Å². The third-order valence-electron chi connectivity index (χ3n) is 3.78. The highest BCUT2D eigenvalue weighted by Crippen LogP contribution is 2.34. The number of nitrogens with two attached hydrogens (primary N) is 1. The molecular formula is C15H14FN3O2. The second-order valence-corrected chi connectivity index (χ2v) is 5.05. The van der Waals surface area contributed by atoms with Crippen LogP contribution in [0.25, 0.3) is 0 Å². The summed E-state index contributed by atoms with van der Waals surface area (Å²) in [6.45, 7) is 1.05. The molecule has 0 amide bonds. The van der Waals surface area contributed by atoms with E-state index in [0.29, 0.717) is 24.5 Å². The summed E-state index contributed by atoms with van der Waals surface area (Å²) >= 11 is 0. The first-order valence-electron chi connectivity index (χ1n) is 6.61. The number of halogens is 1. The Kier molecular flexibility index (Phi) is 3.21. The standard InChI is InChI=1S/C15H14FN3O2/c16-11-4-5-14(19(20)21)15(8-11)18-7-6-10-2-1-3-13(17)12(10)9-18/h1-5,8H,6-7,9,17H2. The maximum absolute atomic E-state index is 13.5. The van der Waals surface area contributed by atoms with Crippen LogP contribution in [0, 0.1) is 15.9 Å². The van der Waals surface area contributed by atoms with Crippen molar-refractivity contribution in [1.29, 1.82) is 0 Å². The molecular weight excluding hydrogens is 273 g/mol. The Morgan fingerprint density at radius 2 is 2.10 bits per heavy atom. The van der Waals surface area contributed by atoms with E-state index in [1.165, 1.54) is 12.1 Å². The molecule has 0 radical (unpaired) electrons. The Hall–Kier alpha value is -2.63. The Balaban J connectivity index is 2.02. The summed E-state index contributed by atoms with van der Waals surface area (Å²) in [7, 11) is 0. The molecule has 0 saturated heterocycles. The molecule has 0 unspecified atom stereocenters. The van der Waals surface area contributed by atoms with E-state index in [2.05, 4.69) is 0 Å². The van der Waals surface area contributed by atoms with E-state index < -0.39 is 10.7 Å². The van der Waals surface area contributed by atoms with E-state index in [1.54, 1.807) is 4.90 Å². The summed E-state index contributed by atoms with van der Waals surface area (Å²) in [5.41, 5.74) is 8.95. The van der Waals surface area contributed by atoms with Crippen molar-refractivity contribution in [1.82, 2.24) is 0 Å². The highest BCUT2D eigenvalue weighted by atomic mass is 19.1. The molecule has 2 aromatic carbocycles. The molecule has 108 valence electrons. The number of nitro groups is 1. The average molecular weight is 287 g/mol. The SMILES string of the molecule is Nc1cccc2c1CN(c1cc(F)ccc1[N+](=O)[O-])CC2. The number of hydrogen-bond donors (Lipinski definition) is 1. The van der Waals surface area contributed by atoms with Crippen LogP contribution in [0.3, 0.4) is 0 Å². The van der Waals surface area contributed by atoms with Crippen molar-refractivity contribution in [2.75, 3.05) is 17.2 Å². The molecule has 1 heterocycles. The predicted octanol–water partition coefficient (Wildman–Crippen LogP) is 2.88. The van der Waals surface area contributed by atoms with Crippen molar-refractivity contribution >= 4 is 17.1 Å². The lowest BCUT2D eigenvalue weighted by atomic mass is 9.97. The van der Waals surface area contributed by atoms with Crippen LogP contribution in [0.4, 0.5) is 21.5 Å². The number of benzene rings is 2. The minimum absolute atomic E-state index is 0.0886. The number of nitro benzene ring substituents is 1. The average Bonchev–Trinajstić information content (AvgIpc) is 2.47. The van der Waals surface area contributed by atoms with Gasteiger partial charge in [-0.1, -0.05) is 12.1 Å². The molecule has 5 nitrogen and oxygen atoms in total. The number of fused-ring (bicyclic) bond motifs is 1. The molecule has 21 heavy (non-hydrogen) atoms. The zero-order chi connectivity index (χ0) is 15.0. The molecule has 0 atom stereocenters. The molecule has 0 fully saturated rings. The van der Waals surface area contributed by atoms with Gasteiger partial charge in [0.2, 0.25) is 0 Å². The molecule has 2 aromatic rings. The van der Waals surface area contributed by atoms with E-state index in [1.807, 2.05) is 18.2 Å². The molecule has 3 rings (SSSR count). The molecule has 0 aliphatic carbocycles. The van der Waals surface area contributed by atoms with Crippen LogP contribution in [0.5, 0.6) is 0 Å². The normalized spacial score (nSPS) is 13.9. The highest BCUT2D eigenvalue weighted by Gasteiger charge is 2.24. The first-order chi connectivity index (χ1) is 10.1. The van der Waals surface area contributed by atoms with Crippen molar-refractivity contribution in [3.05, 3.63) is 63.5 Å². The van der Waals surface area contributed by atoms with E-state index >= 15 is 0 Å². The third-order valence-corrected chi connectivity index (χ3v) is 3.78. The van der Waals surface area contributed by atoms with E-state index in [-0.39, 0.29) is 5.69 Å². The van der Waals surface area contributed by atoms with Gasteiger partial charge < -0.3 is 10.6 Å². The van der Waals surface area contributed by atoms with Crippen molar-refractivity contribution in [3.63, 3.8) is 0 Å². The van der Waals surface area contributed by atoms with Gasteiger partial charge in [0.1, 0.15) is 11.5 Å². The molecule has 6 heteroatoms. The lowest BCUT2D eigenvalue weighted by Gasteiger charge is -2.31. The van der Waals surface area contributed by atoms with Crippen LogP contribution in [-0.4, -0.2) is 11.5 Å². The van der Waals surface area contributed by atoms with Gasteiger partial charge in [-0.2, -0.15) is 0 Å². The van der Waals surface area contributed by atoms with Gasteiger partial charge in [0.25, 0.3) is 5.69 Å². The number of anilines is 2. The van der Waals surface area contributed by atoms with Crippen molar-refractivity contribution in [2.24, 2.45) is 0 Å². The highest BCUT2D eigenvalue weighted by molar-refractivity contribution is 5.65. The maximum Gasteiger partial charge on any atom is 0.292 e. The largest absolute Gasteiger partial charge is 0.398 e. The van der Waals surface area contributed by atoms with Crippen LogP contribution in [0.15, 0.2) is 36.4 Å². The summed E-state index contributed by atoms with van der Waals surface area (Å²) in [6.07, 6.45) is 0.730. The Labute approximate surface area is 120 Å². The van der Waals surface area contributed by atoms with Gasteiger partial charge in [0.05, 0.1) is 4.92 Å². The van der Waals surface area contributed by atoms with E-state index in [4.69, 9.17) is 5.73 Å². The first-order valence-corrected chi connectivity index (χ1v) is 6.61. The topological polar surface area (TPSA) is 72.4 Å². The summed E-state index contributed by atoms with van der Waals surface area (Å²) in [6, 6.07) is 9.23. The molecule has 1 aliphatic heterocycles. The zero-order valence-corrected chi connectivity index (χ0v) is 11.3. The van der Waals surface area contributed by atoms with Gasteiger partial charge in [-0.15, -0.1) is 0 Å². The number of hydrogen-bond acceptors (Lipinski definition) is 4. The van der Waals surface area contributed by atoms with Crippen molar-refractivity contribution in [2.45, 2.75) is 13.0 Å². The van der Waals surface area contributed by atoms with Crippen LogP contribution >= 0.6 is 0 Å². The van der Waals surface area contributed by atoms with E-state index in [0.717, 1.165) is 23.6 Å². The minimum Gasteiger partial charge on any atom is -0.398 e. The lowest BCUT2D eigenvalue weighted by molar-refractivity contribution is -0.384. The fraction of sp³-hybridized carbons (Fsp3) is 0.200. The number of nitrogens with zero attached hydrogens (tertiary/aromatic N) is 2. The van der Waals surface area contributed by atoms with Gasteiger partial charge in [-0.05, 0) is 29.7 Å². The molecule has 0 saturated carbocycles. The molecule has 0 aromatic heterocycles. The predicted molar refractivity (Wildman–Crippen MR) is 78.7 cm³/mol. The van der Waals surface area contributed by atoms with E-state index in [9.17, 15) is 14.5 Å². The lowest BCUT2D eigenvalue weighted by Crippen LogP contribution is -2.31. The fourth-order valence-corrected chi connectivity index (χ4v) is 2.72. The van der Waals surface area contributed by atoms with Crippen LogP contribution < -0.4 is 10.6 Å². The summed E-state index contributed by atoms with van der Waals surface area (Å²) in [4.78, 5) is 12.4. The molecule has 0 bridgehead atoms. The van der Waals surface area contributed by atoms with Gasteiger partial charge in [-0.25, -0.2) is 4.39 Å². The molecule has 2 N–H and O–H groups in total. The Bertz CT molecular complexity index is 718. The van der Waals surface area contributed by atoms with Crippen LogP contribution in [-0.2, 0) is 13.0 Å². The Morgan fingerprint density at radius 3 is 2.86 bits per heavy atom. The quantitative estimate of drug-likeness (QED) is 0.523. The summed E-state index contributed by atoms with van der Waals surface area (Å²) < 4.78 is 13.5. The Morgan fingerprint density at radius 1 is 1.29 bits per heavy atom. The number of rotatable bonds is 2. The smallest absolute Gasteiger partial charge is 0.292 e. The zero-order valence-electron chi connectivity index (χ0n) is 11.3. The second kappa shape index (κ2) is 5.05. The van der Waals surface area contributed by atoms with Crippen LogP contribution in [0.2, 0.25) is 0 Å². The van der Waals surface area contributed by atoms with Gasteiger partial charge in [-0.3, -0.25) is 10.1 Å². The number of nitrogen functional groups attached to an aromatic ring is 1. The maximum atomic E-state index is 13.5. The van der Waals surface area contributed by atoms with Gasteiger partial charge in [0.15, 0.2) is 0 Å². The van der Waals surface area contributed by atoms with Gasteiger partial charge >= 0.3 is 0 Å². The monoisotopic (exact) mass is 287 g/mol. The van der Waals surface area contributed by atoms with Crippen LogP contribution in [0.1, 0.15) is 11.1 Å². The van der Waals surface area contributed by atoms with Crippen molar-refractivity contribution in [3.8, 4) is 0 Å². The summed E-state index contributed by atoms with van der Waals surface area (Å²) in [5, 5.41) is 11.1. The second-order valence-electron chi connectivity index (χ2n) is 5.05. The molecule has 0 spiro atoms.